The Morgan fingerprint density at radius 3 is 1.17 bits per heavy atom. The van der Waals surface area contributed by atoms with Gasteiger partial charge in [-0.25, -0.2) is 9.59 Å². The van der Waals surface area contributed by atoms with Gasteiger partial charge >= 0.3 is 48.3 Å². The first-order valence-corrected chi connectivity index (χ1v) is 20.2. The minimum absolute atomic E-state index is 0.145. The first-order chi connectivity index (χ1) is 28.3. The van der Waals surface area contributed by atoms with Gasteiger partial charge in [-0.05, 0) is 94.5 Å². The molecule has 0 saturated carbocycles. The smallest absolute Gasteiger partial charge is 0.490 e. The lowest BCUT2D eigenvalue weighted by Gasteiger charge is -2.30. The van der Waals surface area contributed by atoms with Crippen molar-refractivity contribution in [2.24, 2.45) is 16.6 Å². The monoisotopic (exact) mass is 1060 g/mol. The van der Waals surface area contributed by atoms with E-state index in [4.69, 9.17) is 58.7 Å². The SMILES string of the molecule is COCCOC(=O)C(C)(Br)CC(C)(C)C(=O)OCCCN.COCCOC(=O)C(C)(Br)CC(C)(C)C(=O)OCCCNC(=O)OC(C)(C)C.O=C(O)C(F)(F)F.O=C([O-])C(F)(F)F. The van der Waals surface area contributed by atoms with E-state index in [0.29, 0.717) is 39.1 Å². The summed E-state index contributed by atoms with van der Waals surface area (Å²) in [6.07, 6.45) is -9.27. The van der Waals surface area contributed by atoms with Crippen molar-refractivity contribution in [2.75, 3.05) is 67.0 Å². The van der Waals surface area contributed by atoms with Crippen LogP contribution in [-0.2, 0) is 61.9 Å². The fraction of sp³-hybridized carbons (Fsp3) is 0.811. The van der Waals surface area contributed by atoms with Gasteiger partial charge in [0, 0.05) is 20.8 Å². The van der Waals surface area contributed by atoms with Crippen LogP contribution in [0.1, 0.15) is 88.0 Å². The molecule has 0 aromatic heterocycles. The van der Waals surface area contributed by atoms with Crippen LogP contribution < -0.4 is 16.2 Å². The Balaban J connectivity index is -0.000000431. The predicted molar refractivity (Wildman–Crippen MR) is 216 cm³/mol. The number of alkyl carbamates (subject to hydrolysis) is 1. The number of nitrogens with two attached hydrogens (primary N) is 1. The first-order valence-electron chi connectivity index (χ1n) is 18.6. The normalized spacial score (nSPS) is 13.5. The third-order valence-corrected chi connectivity index (χ3v) is 8.03. The predicted octanol–water partition coefficient (Wildman–Crippen LogP) is 4.77. The van der Waals surface area contributed by atoms with Crippen LogP contribution in [0, 0.1) is 10.8 Å². The molecule has 0 rings (SSSR count). The summed E-state index contributed by atoms with van der Waals surface area (Å²) in [5, 5.41) is 18.5. The van der Waals surface area contributed by atoms with Crippen molar-refractivity contribution in [3.8, 4) is 0 Å². The van der Waals surface area contributed by atoms with E-state index in [0.717, 1.165) is 0 Å². The van der Waals surface area contributed by atoms with Crippen molar-refractivity contribution in [1.82, 2.24) is 5.32 Å². The molecule has 0 bridgehead atoms. The molecule has 4 N–H and O–H groups in total. The Labute approximate surface area is 379 Å². The number of ether oxygens (including phenoxy) is 7. The van der Waals surface area contributed by atoms with Crippen LogP contribution in [0.2, 0.25) is 0 Å². The summed E-state index contributed by atoms with van der Waals surface area (Å²) in [4.78, 5) is 77.8. The van der Waals surface area contributed by atoms with Crippen molar-refractivity contribution in [1.29, 1.82) is 0 Å². The Bertz CT molecular complexity index is 1370. The highest BCUT2D eigenvalue weighted by atomic mass is 79.9. The minimum atomic E-state index is -5.19. The summed E-state index contributed by atoms with van der Waals surface area (Å²) in [7, 11) is 3.05. The van der Waals surface area contributed by atoms with Gasteiger partial charge in [0.2, 0.25) is 0 Å². The number of hydrogen-bond donors (Lipinski definition) is 3. The summed E-state index contributed by atoms with van der Waals surface area (Å²) in [6.45, 7) is 17.7. The maximum atomic E-state index is 12.4. The Morgan fingerprint density at radius 2 is 0.905 bits per heavy atom. The van der Waals surface area contributed by atoms with Crippen LogP contribution in [0.15, 0.2) is 0 Å². The van der Waals surface area contributed by atoms with Gasteiger partial charge in [-0.15, -0.1) is 0 Å². The lowest BCUT2D eigenvalue weighted by Crippen LogP contribution is -2.40. The standard InChI is InChI=1S/C19H34BrNO7.C14H26BrNO5.2C2HF3O2/c1-17(2,3)28-16(24)21-9-8-10-26-14(22)18(4,5)13-19(6,20)15(23)27-12-11-25-7;1-13(2,11(17)20-7-5-6-16)10-14(3,15)12(18)21-9-8-19-4;2*3-2(4,5)1(6)7/h8-13H2,1-7H3,(H,21,24);5-10,16H2,1-4H3;2*(H,6,7)/p-1. The highest BCUT2D eigenvalue weighted by Gasteiger charge is 2.44. The minimum Gasteiger partial charge on any atom is -0.542 e. The average Bonchev–Trinajstić information content (AvgIpc) is 3.09. The summed E-state index contributed by atoms with van der Waals surface area (Å²) in [6, 6.07) is 0. The van der Waals surface area contributed by atoms with Crippen LogP contribution in [0.3, 0.4) is 0 Å². The van der Waals surface area contributed by atoms with Crippen molar-refractivity contribution in [3.05, 3.63) is 0 Å². The highest BCUT2D eigenvalue weighted by Crippen LogP contribution is 2.37. The van der Waals surface area contributed by atoms with Gasteiger partial charge < -0.3 is 59.2 Å². The molecule has 372 valence electrons. The van der Waals surface area contributed by atoms with Crippen molar-refractivity contribution in [3.63, 3.8) is 0 Å². The van der Waals surface area contributed by atoms with Crippen LogP contribution in [-0.4, -0.2) is 141 Å². The van der Waals surface area contributed by atoms with Gasteiger partial charge in [0.15, 0.2) is 0 Å². The van der Waals surface area contributed by atoms with Crippen LogP contribution >= 0.6 is 31.9 Å². The van der Waals surface area contributed by atoms with Gasteiger partial charge in [-0.3, -0.25) is 19.2 Å². The van der Waals surface area contributed by atoms with E-state index >= 15 is 0 Å². The summed E-state index contributed by atoms with van der Waals surface area (Å²) in [5.41, 5.74) is 3.07. The van der Waals surface area contributed by atoms with Crippen LogP contribution in [0.4, 0.5) is 31.1 Å². The maximum Gasteiger partial charge on any atom is 0.490 e. The number of nitrogens with one attached hydrogen (secondary N) is 1. The van der Waals surface area contributed by atoms with Crippen molar-refractivity contribution < 1.29 is 103 Å². The van der Waals surface area contributed by atoms with Gasteiger partial charge in [0.25, 0.3) is 0 Å². The Morgan fingerprint density at radius 1 is 0.587 bits per heavy atom. The summed E-state index contributed by atoms with van der Waals surface area (Å²) >= 11 is 6.69. The third-order valence-electron chi connectivity index (χ3n) is 6.82. The Hall–Kier alpha value is -3.49. The molecule has 0 spiro atoms. The second-order valence-corrected chi connectivity index (χ2v) is 19.1. The van der Waals surface area contributed by atoms with E-state index in [-0.39, 0.29) is 45.2 Å². The van der Waals surface area contributed by atoms with E-state index in [2.05, 4.69) is 37.2 Å². The fourth-order valence-electron chi connectivity index (χ4n) is 4.07. The number of methoxy groups -OCH3 is 2. The van der Waals surface area contributed by atoms with Gasteiger partial charge in [0.05, 0.1) is 37.3 Å². The quantitative estimate of drug-likeness (QED) is 0.0459. The zero-order valence-electron chi connectivity index (χ0n) is 37.2. The molecule has 0 aliphatic heterocycles. The zero-order valence-corrected chi connectivity index (χ0v) is 40.3. The molecular formula is C37H61Br2F6N2O16-. The number of carboxylic acids is 2. The molecule has 0 radical (unpaired) electrons. The first kappa shape index (κ1) is 66.1. The molecule has 0 fully saturated rings. The molecule has 1 amide bonds. The second-order valence-electron chi connectivity index (χ2n) is 15.6. The van der Waals surface area contributed by atoms with Gasteiger partial charge in [-0.1, -0.05) is 31.9 Å². The molecule has 26 heteroatoms. The van der Waals surface area contributed by atoms with Crippen LogP contribution in [0.5, 0.6) is 0 Å². The van der Waals surface area contributed by atoms with Gasteiger partial charge in [-0.2, -0.15) is 26.3 Å². The number of amides is 1. The van der Waals surface area contributed by atoms with E-state index in [1.807, 2.05) is 0 Å². The van der Waals surface area contributed by atoms with E-state index in [1.54, 1.807) is 62.3 Å². The molecule has 0 aliphatic rings. The molecule has 18 nitrogen and oxygen atoms in total. The zero-order chi connectivity index (χ0) is 50.7. The molecule has 2 unspecified atom stereocenters. The lowest BCUT2D eigenvalue weighted by molar-refractivity contribution is -0.344. The topological polar surface area (TPSA) is 265 Å². The van der Waals surface area contributed by atoms with E-state index in [9.17, 15) is 50.3 Å². The number of esters is 4. The number of halogens is 8. The number of carbonyl (C=O) groups excluding carboxylic acids is 6. The van der Waals surface area contributed by atoms with Crippen LogP contribution in [0.25, 0.3) is 0 Å². The average molecular weight is 1060 g/mol. The molecule has 0 saturated heterocycles. The second kappa shape index (κ2) is 30.6. The lowest BCUT2D eigenvalue weighted by atomic mass is 9.83. The fourth-order valence-corrected chi connectivity index (χ4v) is 5.70. The van der Waals surface area contributed by atoms with Crippen molar-refractivity contribution in [2.45, 2.75) is 115 Å². The largest absolute Gasteiger partial charge is 0.542 e. The number of carboxylic acid groups (broad SMARTS) is 2. The third kappa shape index (κ3) is 35.5. The number of rotatable bonds is 21. The Kier molecular flexibility index (Phi) is 32.1. The molecular weight excluding hydrogens is 1000 g/mol. The number of aliphatic carboxylic acids is 2. The number of carbonyl (C=O) groups is 7. The van der Waals surface area contributed by atoms with E-state index < -0.39 is 73.4 Å². The molecule has 0 heterocycles. The number of alkyl halides is 8. The summed E-state index contributed by atoms with van der Waals surface area (Å²) < 4.78 is 96.8. The van der Waals surface area contributed by atoms with E-state index in [1.165, 1.54) is 14.2 Å². The molecule has 0 aromatic rings. The summed E-state index contributed by atoms with van der Waals surface area (Å²) in [5.74, 6) is -7.44. The number of hydrogen-bond acceptors (Lipinski definition) is 16. The maximum absolute atomic E-state index is 12.4. The molecule has 0 aliphatic carbocycles. The molecule has 2 atom stereocenters. The molecule has 0 aromatic carbocycles. The van der Waals surface area contributed by atoms with Crippen molar-refractivity contribution >= 4 is 73.8 Å². The molecule has 63 heavy (non-hydrogen) atoms. The highest BCUT2D eigenvalue weighted by molar-refractivity contribution is 9.10. The van der Waals surface area contributed by atoms with Gasteiger partial charge in [0.1, 0.15) is 33.4 Å².